The highest BCUT2D eigenvalue weighted by Crippen LogP contribution is 2.26. The Morgan fingerprint density at radius 3 is 2.84 bits per heavy atom. The number of carbonyl (C=O) groups is 1. The maximum Gasteiger partial charge on any atom is 0.336 e. The van der Waals surface area contributed by atoms with Gasteiger partial charge in [-0.3, -0.25) is 4.79 Å². The summed E-state index contributed by atoms with van der Waals surface area (Å²) < 4.78 is 5.25. The number of aryl methyl sites for hydroxylation is 2. The van der Waals surface area contributed by atoms with Crippen LogP contribution in [0.15, 0.2) is 27.4 Å². The minimum Gasteiger partial charge on any atom is -0.423 e. The molecule has 1 N–H and O–H groups in total. The van der Waals surface area contributed by atoms with Crippen molar-refractivity contribution in [2.45, 2.75) is 39.5 Å². The van der Waals surface area contributed by atoms with Gasteiger partial charge in [0.05, 0.1) is 0 Å². The van der Waals surface area contributed by atoms with Gasteiger partial charge in [0.15, 0.2) is 0 Å². The number of hydrogen-bond donors (Lipinski definition) is 1. The summed E-state index contributed by atoms with van der Waals surface area (Å²) in [6.45, 7) is 6.03. The Morgan fingerprint density at radius 2 is 2.08 bits per heavy atom. The molecule has 1 aromatic heterocycles. The third-order valence-corrected chi connectivity index (χ3v) is 5.07. The number of nitrogens with one attached hydrogen (secondary N) is 1. The molecule has 1 aliphatic rings. The van der Waals surface area contributed by atoms with Crippen molar-refractivity contribution in [3.63, 3.8) is 0 Å². The zero-order valence-electron chi connectivity index (χ0n) is 15.2. The Bertz CT molecular complexity index is 841. The van der Waals surface area contributed by atoms with Crippen molar-refractivity contribution in [1.82, 2.24) is 4.90 Å². The molecule has 5 nitrogen and oxygen atoms in total. The molecule has 25 heavy (non-hydrogen) atoms. The number of piperidine rings is 1. The molecule has 2 heterocycles. The van der Waals surface area contributed by atoms with E-state index in [1.807, 2.05) is 26.0 Å². The van der Waals surface area contributed by atoms with E-state index in [4.69, 9.17) is 4.42 Å². The molecule has 1 atom stereocenters. The second kappa shape index (κ2) is 7.40. The van der Waals surface area contributed by atoms with Gasteiger partial charge in [0.1, 0.15) is 5.58 Å². The SMILES string of the molecule is Cc1cc2oc(=O)cc(C)c2cc1NC(=O)CCC1CCCN(C)C1. The molecule has 0 radical (unpaired) electrons. The fraction of sp³-hybridized carbons (Fsp3) is 0.500. The summed E-state index contributed by atoms with van der Waals surface area (Å²) in [6, 6.07) is 5.19. The Labute approximate surface area is 148 Å². The molecule has 0 bridgehead atoms. The van der Waals surface area contributed by atoms with Gasteiger partial charge in [-0.2, -0.15) is 0 Å². The average molecular weight is 342 g/mol. The Morgan fingerprint density at radius 1 is 1.28 bits per heavy atom. The number of carbonyl (C=O) groups excluding carboxylic acids is 1. The van der Waals surface area contributed by atoms with Crippen molar-refractivity contribution >= 4 is 22.6 Å². The molecule has 5 heteroatoms. The molecular formula is C20H26N2O3. The van der Waals surface area contributed by atoms with Crippen LogP contribution in [-0.4, -0.2) is 30.9 Å². The van der Waals surface area contributed by atoms with E-state index in [1.54, 1.807) is 0 Å². The maximum absolute atomic E-state index is 12.4. The lowest BCUT2D eigenvalue weighted by molar-refractivity contribution is -0.116. The largest absolute Gasteiger partial charge is 0.423 e. The van der Waals surface area contributed by atoms with Crippen molar-refractivity contribution in [2.24, 2.45) is 5.92 Å². The molecule has 1 amide bonds. The summed E-state index contributed by atoms with van der Waals surface area (Å²) in [5.41, 5.74) is 2.75. The Kier molecular flexibility index (Phi) is 5.23. The van der Waals surface area contributed by atoms with Crippen LogP contribution in [0.25, 0.3) is 11.0 Å². The van der Waals surface area contributed by atoms with Gasteiger partial charge in [-0.05, 0) is 75.9 Å². The van der Waals surface area contributed by atoms with Crippen LogP contribution in [0.5, 0.6) is 0 Å². The molecule has 1 fully saturated rings. The van der Waals surface area contributed by atoms with Crippen LogP contribution < -0.4 is 10.9 Å². The van der Waals surface area contributed by atoms with Crippen LogP contribution in [0.1, 0.15) is 36.8 Å². The fourth-order valence-electron chi connectivity index (χ4n) is 3.66. The standard InChI is InChI=1S/C20H26N2O3/c1-13-10-20(24)25-18-9-14(2)17(11-16(13)18)21-19(23)7-6-15-5-4-8-22(3)12-15/h9-11,15H,4-8,12H2,1-3H3,(H,21,23). The number of rotatable bonds is 4. The lowest BCUT2D eigenvalue weighted by Crippen LogP contribution is -2.32. The van der Waals surface area contributed by atoms with E-state index in [9.17, 15) is 9.59 Å². The number of anilines is 1. The molecule has 2 aromatic rings. The zero-order chi connectivity index (χ0) is 18.0. The van der Waals surface area contributed by atoms with Crippen LogP contribution in [0.2, 0.25) is 0 Å². The molecule has 1 saturated heterocycles. The molecule has 0 saturated carbocycles. The van der Waals surface area contributed by atoms with E-state index >= 15 is 0 Å². The molecule has 0 spiro atoms. The minimum absolute atomic E-state index is 0.0470. The third kappa shape index (κ3) is 4.28. The Balaban J connectivity index is 1.68. The van der Waals surface area contributed by atoms with Gasteiger partial charge in [0, 0.05) is 30.1 Å². The van der Waals surface area contributed by atoms with Gasteiger partial charge in [-0.1, -0.05) is 0 Å². The molecule has 1 aliphatic heterocycles. The molecule has 3 rings (SSSR count). The summed E-state index contributed by atoms with van der Waals surface area (Å²) in [6.07, 6.45) is 3.90. The summed E-state index contributed by atoms with van der Waals surface area (Å²) in [5.74, 6) is 0.657. The predicted molar refractivity (Wildman–Crippen MR) is 100 cm³/mol. The second-order valence-corrected chi connectivity index (χ2v) is 7.27. The molecule has 1 unspecified atom stereocenters. The highest BCUT2D eigenvalue weighted by molar-refractivity contribution is 5.95. The summed E-state index contributed by atoms with van der Waals surface area (Å²) in [7, 11) is 2.14. The van der Waals surface area contributed by atoms with E-state index in [1.165, 1.54) is 18.9 Å². The van der Waals surface area contributed by atoms with Crippen molar-refractivity contribution in [3.05, 3.63) is 39.7 Å². The van der Waals surface area contributed by atoms with Gasteiger partial charge in [0.25, 0.3) is 0 Å². The topological polar surface area (TPSA) is 62.6 Å². The molecule has 1 aromatic carbocycles. The van der Waals surface area contributed by atoms with E-state index in [2.05, 4.69) is 17.3 Å². The number of hydrogen-bond acceptors (Lipinski definition) is 4. The van der Waals surface area contributed by atoms with E-state index in [0.29, 0.717) is 17.9 Å². The van der Waals surface area contributed by atoms with Crippen LogP contribution in [-0.2, 0) is 4.79 Å². The normalized spacial score (nSPS) is 18.4. The smallest absolute Gasteiger partial charge is 0.336 e. The first kappa shape index (κ1) is 17.7. The first-order valence-electron chi connectivity index (χ1n) is 8.96. The number of benzene rings is 1. The van der Waals surface area contributed by atoms with Crippen LogP contribution in [0.3, 0.4) is 0 Å². The zero-order valence-corrected chi connectivity index (χ0v) is 15.2. The first-order chi connectivity index (χ1) is 11.9. The number of likely N-dealkylation sites (tertiary alicyclic amines) is 1. The van der Waals surface area contributed by atoms with Gasteiger partial charge in [-0.25, -0.2) is 4.79 Å². The lowest BCUT2D eigenvalue weighted by atomic mass is 9.93. The number of amides is 1. The van der Waals surface area contributed by atoms with Gasteiger partial charge in [0.2, 0.25) is 5.91 Å². The van der Waals surface area contributed by atoms with Gasteiger partial charge < -0.3 is 14.6 Å². The van der Waals surface area contributed by atoms with Crippen molar-refractivity contribution < 1.29 is 9.21 Å². The predicted octanol–water partition coefficient (Wildman–Crippen LogP) is 3.47. The van der Waals surface area contributed by atoms with Crippen LogP contribution in [0.4, 0.5) is 5.69 Å². The van der Waals surface area contributed by atoms with Crippen molar-refractivity contribution in [1.29, 1.82) is 0 Å². The molecular weight excluding hydrogens is 316 g/mol. The maximum atomic E-state index is 12.4. The van der Waals surface area contributed by atoms with E-state index in [0.717, 1.165) is 41.7 Å². The fourth-order valence-corrected chi connectivity index (χ4v) is 3.66. The number of nitrogens with zero attached hydrogens (tertiary/aromatic N) is 1. The van der Waals surface area contributed by atoms with Crippen LogP contribution >= 0.6 is 0 Å². The highest BCUT2D eigenvalue weighted by Gasteiger charge is 2.18. The summed E-state index contributed by atoms with van der Waals surface area (Å²) in [5, 5.41) is 3.88. The van der Waals surface area contributed by atoms with Crippen molar-refractivity contribution in [3.8, 4) is 0 Å². The number of fused-ring (bicyclic) bond motifs is 1. The first-order valence-corrected chi connectivity index (χ1v) is 8.96. The van der Waals surface area contributed by atoms with E-state index < -0.39 is 0 Å². The molecule has 134 valence electrons. The lowest BCUT2D eigenvalue weighted by Gasteiger charge is -2.29. The van der Waals surface area contributed by atoms with Gasteiger partial charge in [-0.15, -0.1) is 0 Å². The minimum atomic E-state index is -0.348. The monoisotopic (exact) mass is 342 g/mol. The van der Waals surface area contributed by atoms with Crippen LogP contribution in [0, 0.1) is 19.8 Å². The quantitative estimate of drug-likeness (QED) is 0.864. The highest BCUT2D eigenvalue weighted by atomic mass is 16.4. The average Bonchev–Trinajstić information content (AvgIpc) is 2.54. The van der Waals surface area contributed by atoms with Gasteiger partial charge >= 0.3 is 5.63 Å². The van der Waals surface area contributed by atoms with E-state index in [-0.39, 0.29) is 11.5 Å². The summed E-state index contributed by atoms with van der Waals surface area (Å²) in [4.78, 5) is 26.2. The summed E-state index contributed by atoms with van der Waals surface area (Å²) >= 11 is 0. The third-order valence-electron chi connectivity index (χ3n) is 5.07. The Hall–Kier alpha value is -2.14. The molecule has 0 aliphatic carbocycles. The second-order valence-electron chi connectivity index (χ2n) is 7.27. The van der Waals surface area contributed by atoms with Crippen molar-refractivity contribution in [2.75, 3.05) is 25.5 Å².